The van der Waals surface area contributed by atoms with Crippen LogP contribution in [0.25, 0.3) is 0 Å². The van der Waals surface area contributed by atoms with Crippen LogP contribution in [0.15, 0.2) is 0 Å². The maximum atomic E-state index is 0. The van der Waals surface area contributed by atoms with Crippen molar-refractivity contribution in [2.45, 2.75) is 0 Å². The van der Waals surface area contributed by atoms with Crippen molar-refractivity contribution in [3.05, 3.63) is 0 Å². The van der Waals surface area contributed by atoms with Crippen LogP contribution in [0.3, 0.4) is 0 Å². The fourth-order valence-electron chi connectivity index (χ4n) is 0. The van der Waals surface area contributed by atoms with E-state index in [0.717, 1.165) is 0 Å². The van der Waals surface area contributed by atoms with E-state index in [0.29, 0.717) is 0 Å². The van der Waals surface area contributed by atoms with E-state index in [4.69, 9.17) is 0 Å². The van der Waals surface area contributed by atoms with Gasteiger partial charge in [0.1, 0.15) is 0 Å². The first-order chi connectivity index (χ1) is 0. The van der Waals surface area contributed by atoms with Crippen molar-refractivity contribution in [3.63, 3.8) is 0 Å². The van der Waals surface area contributed by atoms with E-state index in [-0.39, 0.29) is 82.0 Å². The smallest absolute Gasteiger partial charge is 1.00 e. The maximum absolute atomic E-state index is 0. The zero-order chi connectivity index (χ0) is 0. The molecule has 0 bridgehead atoms. The van der Waals surface area contributed by atoms with Gasteiger partial charge in [0, 0.05) is 0 Å². The van der Waals surface area contributed by atoms with Crippen molar-refractivity contribution in [3.8, 4) is 0 Å². The summed E-state index contributed by atoms with van der Waals surface area (Å²) in [6, 6.07) is 0. The van der Waals surface area contributed by atoms with Gasteiger partial charge in [0.05, 0.1) is 0 Å². The van der Waals surface area contributed by atoms with Crippen LogP contribution in [0, 0.1) is 0 Å². The van der Waals surface area contributed by atoms with Crippen LogP contribution in [0.2, 0.25) is 0 Å². The average molecular weight is 155 g/mol. The summed E-state index contributed by atoms with van der Waals surface area (Å²) in [6.45, 7) is 0. The molecule has 0 nitrogen and oxygen atoms in total. The Hall–Kier alpha value is 1.92. The van der Waals surface area contributed by atoms with Crippen LogP contribution in [-0.4, -0.2) is 0 Å². The van der Waals surface area contributed by atoms with Gasteiger partial charge in [-0.3, -0.25) is 0 Å². The molecule has 0 spiro atoms. The van der Waals surface area contributed by atoms with Crippen molar-refractivity contribution in [2.75, 3.05) is 0 Å². The van der Waals surface area contributed by atoms with Gasteiger partial charge in [-0.15, -0.1) is 0 Å². The van der Waals surface area contributed by atoms with Crippen LogP contribution >= 0.6 is 0 Å². The fourth-order valence-corrected chi connectivity index (χ4v) is 0. The fraction of sp³-hybridized carbons (Fsp3) is 0. The van der Waals surface area contributed by atoms with Crippen molar-refractivity contribution in [1.29, 1.82) is 0 Å². The van der Waals surface area contributed by atoms with E-state index in [2.05, 4.69) is 0 Å². The van der Waals surface area contributed by atoms with Crippen LogP contribution in [0.4, 0.5) is 0 Å². The summed E-state index contributed by atoms with van der Waals surface area (Å²) >= 11 is 0. The Labute approximate surface area is 80.5 Å². The van der Waals surface area contributed by atoms with E-state index in [1.807, 2.05) is 0 Å². The zero-order valence-corrected chi connectivity index (χ0v) is 6.56. The molecule has 0 atom stereocenters. The second kappa shape index (κ2) is 38.9. The first-order valence-corrected chi connectivity index (χ1v) is 0. The molecular formula is F3KNi. The summed E-state index contributed by atoms with van der Waals surface area (Å²) in [4.78, 5) is 0. The molecule has 0 saturated heterocycles. The molecule has 0 aromatic carbocycles. The minimum Gasteiger partial charge on any atom is -1.00 e. The van der Waals surface area contributed by atoms with Gasteiger partial charge in [-0.2, -0.15) is 0 Å². The normalized spacial score (nSPS) is 0. The molecule has 0 aromatic rings. The molecule has 5 heteroatoms. The predicted octanol–water partition coefficient (Wildman–Crippen LogP) is -12.0. The molecule has 0 radical (unpaired) electrons. The molecule has 5 heavy (non-hydrogen) atoms. The van der Waals surface area contributed by atoms with E-state index in [1.165, 1.54) is 0 Å². The van der Waals surface area contributed by atoms with Gasteiger partial charge >= 0.3 is 67.9 Å². The Kier molecular flexibility index (Phi) is 512. The first-order valence-electron chi connectivity index (χ1n) is 0. The molecule has 0 fully saturated rings. The number of rotatable bonds is 0. The molecule has 0 rings (SSSR count). The average Bonchev–Trinajstić information content (AvgIpc) is 0. The molecule has 0 N–H and O–H groups in total. The van der Waals surface area contributed by atoms with Crippen LogP contribution in [0.1, 0.15) is 0 Å². The summed E-state index contributed by atoms with van der Waals surface area (Å²) < 4.78 is 0. The molecule has 0 aromatic heterocycles. The van der Waals surface area contributed by atoms with Crippen molar-refractivity contribution >= 4 is 0 Å². The summed E-state index contributed by atoms with van der Waals surface area (Å²) in [7, 11) is 0. The molecule has 0 unspecified atom stereocenters. The number of hydrogen-bond acceptors (Lipinski definition) is 0. The maximum Gasteiger partial charge on any atom is 2.00 e. The first kappa shape index (κ1) is 65.8. The Bertz CT molecular complexity index is 6.85. The quantitative estimate of drug-likeness (QED) is 0.304. The van der Waals surface area contributed by atoms with E-state index in [9.17, 15) is 0 Å². The molecule has 0 saturated carbocycles. The van der Waals surface area contributed by atoms with Gasteiger partial charge < -0.3 is 14.1 Å². The molecule has 0 heterocycles. The minimum atomic E-state index is 0. The molecule has 32 valence electrons. The Balaban J connectivity index is 0. The number of halogens is 3. The Morgan fingerprint density at radius 1 is 0.600 bits per heavy atom. The SMILES string of the molecule is [F-].[F-].[F-].[K+].[Ni+2]. The molecule has 0 aliphatic carbocycles. The third-order valence-corrected chi connectivity index (χ3v) is 0. The second-order valence-corrected chi connectivity index (χ2v) is 0. The topological polar surface area (TPSA) is 0 Å². The van der Waals surface area contributed by atoms with Gasteiger partial charge in [0.15, 0.2) is 0 Å². The van der Waals surface area contributed by atoms with Gasteiger partial charge in [0.25, 0.3) is 0 Å². The van der Waals surface area contributed by atoms with E-state index < -0.39 is 0 Å². The Morgan fingerprint density at radius 2 is 0.600 bits per heavy atom. The summed E-state index contributed by atoms with van der Waals surface area (Å²) in [6.07, 6.45) is 0. The third kappa shape index (κ3) is 24.7. The van der Waals surface area contributed by atoms with Gasteiger partial charge in [-0.25, -0.2) is 0 Å². The van der Waals surface area contributed by atoms with Crippen LogP contribution < -0.4 is 65.5 Å². The van der Waals surface area contributed by atoms with Gasteiger partial charge in [0.2, 0.25) is 0 Å². The minimum absolute atomic E-state index is 0. The monoisotopic (exact) mass is 154 g/mol. The molecule has 0 aliphatic heterocycles. The van der Waals surface area contributed by atoms with Gasteiger partial charge in [-0.1, -0.05) is 0 Å². The second-order valence-electron chi connectivity index (χ2n) is 0. The molecule has 0 amide bonds. The van der Waals surface area contributed by atoms with Crippen molar-refractivity contribution < 1.29 is 82.0 Å². The largest absolute Gasteiger partial charge is 2.00 e. The van der Waals surface area contributed by atoms with E-state index >= 15 is 0 Å². The Morgan fingerprint density at radius 3 is 0.600 bits per heavy atom. The van der Waals surface area contributed by atoms with Crippen molar-refractivity contribution in [1.82, 2.24) is 0 Å². The zero-order valence-electron chi connectivity index (χ0n) is 2.45. The predicted molar refractivity (Wildman–Crippen MR) is 0 cm³/mol. The summed E-state index contributed by atoms with van der Waals surface area (Å²) in [5, 5.41) is 0. The molecule has 0 aliphatic rings. The van der Waals surface area contributed by atoms with Gasteiger partial charge in [-0.05, 0) is 0 Å². The third-order valence-electron chi connectivity index (χ3n) is 0. The van der Waals surface area contributed by atoms with Crippen molar-refractivity contribution in [2.24, 2.45) is 0 Å². The van der Waals surface area contributed by atoms with Crippen LogP contribution in [-0.2, 0) is 16.5 Å². The summed E-state index contributed by atoms with van der Waals surface area (Å²) in [5.74, 6) is 0. The number of hydrogen-bond donors (Lipinski definition) is 0. The van der Waals surface area contributed by atoms with E-state index in [1.54, 1.807) is 0 Å². The van der Waals surface area contributed by atoms with Crippen LogP contribution in [0.5, 0.6) is 0 Å². The summed E-state index contributed by atoms with van der Waals surface area (Å²) in [5.41, 5.74) is 0. The molecular weight excluding hydrogens is 155 g/mol. The standard InChI is InChI=1S/3FH.K.Ni/h3*1H;;/q;;;+1;+2/p-3.